The molecule has 2 rings (SSSR count). The molecule has 0 aliphatic carbocycles. The topological polar surface area (TPSA) is 55.1 Å². The molecule has 0 fully saturated rings. The number of carbonyl (C=O) groups excluding carboxylic acids is 1. The lowest BCUT2D eigenvalue weighted by atomic mass is 10.3. The molecule has 1 amide bonds. The molecule has 1 aromatic heterocycles. The van der Waals surface area contributed by atoms with Gasteiger partial charge >= 0.3 is 0 Å². The quantitative estimate of drug-likeness (QED) is 0.672. The van der Waals surface area contributed by atoms with Crippen molar-refractivity contribution in [1.82, 2.24) is 0 Å². The molecule has 5 heteroatoms. The highest BCUT2D eigenvalue weighted by Gasteiger charge is 2.01. The van der Waals surface area contributed by atoms with Gasteiger partial charge in [-0.2, -0.15) is 0 Å². The minimum atomic E-state index is -0.0555. The maximum Gasteiger partial charge on any atom is 0.221 e. The summed E-state index contributed by atoms with van der Waals surface area (Å²) in [6, 6.07) is 9.95. The van der Waals surface area contributed by atoms with E-state index in [1.807, 2.05) is 24.3 Å². The summed E-state index contributed by atoms with van der Waals surface area (Å²) in [5.74, 6) is 6.75. The van der Waals surface area contributed by atoms with E-state index in [-0.39, 0.29) is 5.91 Å². The number of benzene rings is 1. The standard InChI is InChI=1S/C16H16N2OS2/c1-12(19)18-14-4-6-15(7-5-14)21-11-16-9-13(10-20-16)3-2-8-17/h4-7,9-10H,8,11,17H2,1H3,(H,18,19). The SMILES string of the molecule is CC(=O)Nc1ccc(SCc2cc(C#CCN)cs2)cc1. The molecule has 1 heterocycles. The van der Waals surface area contributed by atoms with Crippen molar-refractivity contribution < 1.29 is 4.79 Å². The Hall–Kier alpha value is -1.74. The molecule has 3 nitrogen and oxygen atoms in total. The van der Waals surface area contributed by atoms with Crippen molar-refractivity contribution in [3.63, 3.8) is 0 Å². The van der Waals surface area contributed by atoms with Crippen LogP contribution in [0.15, 0.2) is 40.6 Å². The minimum absolute atomic E-state index is 0.0555. The zero-order valence-electron chi connectivity index (χ0n) is 11.7. The van der Waals surface area contributed by atoms with Crippen LogP contribution in [0, 0.1) is 11.8 Å². The molecule has 0 spiro atoms. The van der Waals surface area contributed by atoms with E-state index in [9.17, 15) is 4.79 Å². The van der Waals surface area contributed by atoms with Crippen LogP contribution in [-0.2, 0) is 10.5 Å². The average Bonchev–Trinajstić information content (AvgIpc) is 2.92. The van der Waals surface area contributed by atoms with Gasteiger partial charge in [0.15, 0.2) is 0 Å². The van der Waals surface area contributed by atoms with Crippen LogP contribution in [0.5, 0.6) is 0 Å². The normalized spacial score (nSPS) is 9.81. The fourth-order valence-electron chi connectivity index (χ4n) is 1.67. The first-order valence-corrected chi connectivity index (χ1v) is 8.30. The third kappa shape index (κ3) is 5.27. The predicted octanol–water partition coefficient (Wildman–Crippen LogP) is 3.31. The molecule has 0 aliphatic heterocycles. The number of hydrogen-bond acceptors (Lipinski definition) is 4. The van der Waals surface area contributed by atoms with E-state index in [0.29, 0.717) is 6.54 Å². The summed E-state index contributed by atoms with van der Waals surface area (Å²) in [6.07, 6.45) is 0. The molecule has 0 atom stereocenters. The van der Waals surface area contributed by atoms with Gasteiger partial charge in [0.25, 0.3) is 0 Å². The lowest BCUT2D eigenvalue weighted by Gasteiger charge is -2.03. The first-order chi connectivity index (χ1) is 10.2. The number of thioether (sulfide) groups is 1. The Kier molecular flexibility index (Phi) is 5.88. The van der Waals surface area contributed by atoms with Crippen molar-refractivity contribution in [2.75, 3.05) is 11.9 Å². The minimum Gasteiger partial charge on any atom is -0.326 e. The molecule has 0 saturated carbocycles. The summed E-state index contributed by atoms with van der Waals surface area (Å²) in [4.78, 5) is 13.4. The van der Waals surface area contributed by atoms with Gasteiger partial charge in [-0.1, -0.05) is 11.8 Å². The van der Waals surface area contributed by atoms with Crippen LogP contribution < -0.4 is 11.1 Å². The molecule has 1 aromatic carbocycles. The van der Waals surface area contributed by atoms with E-state index in [0.717, 1.165) is 17.0 Å². The van der Waals surface area contributed by atoms with Crippen LogP contribution >= 0.6 is 23.1 Å². The Balaban J connectivity index is 1.90. The van der Waals surface area contributed by atoms with Crippen LogP contribution in [-0.4, -0.2) is 12.5 Å². The number of anilines is 1. The Bertz CT molecular complexity index is 666. The number of thiophene rings is 1. The number of carbonyl (C=O) groups is 1. The Morgan fingerprint density at radius 2 is 2.14 bits per heavy atom. The Labute approximate surface area is 132 Å². The second-order valence-corrected chi connectivity index (χ2v) is 6.35. The van der Waals surface area contributed by atoms with Crippen molar-refractivity contribution in [1.29, 1.82) is 0 Å². The summed E-state index contributed by atoms with van der Waals surface area (Å²) in [5, 5.41) is 4.81. The monoisotopic (exact) mass is 316 g/mol. The van der Waals surface area contributed by atoms with Gasteiger partial charge in [-0.05, 0) is 30.3 Å². The molecule has 2 aromatic rings. The van der Waals surface area contributed by atoms with Gasteiger partial charge in [0.1, 0.15) is 0 Å². The zero-order chi connectivity index (χ0) is 15.1. The molecule has 0 radical (unpaired) electrons. The second kappa shape index (κ2) is 7.89. The highest BCUT2D eigenvalue weighted by Crippen LogP contribution is 2.27. The molecular weight excluding hydrogens is 300 g/mol. The van der Waals surface area contributed by atoms with Gasteiger partial charge < -0.3 is 11.1 Å². The molecule has 0 unspecified atom stereocenters. The van der Waals surface area contributed by atoms with Gasteiger partial charge in [-0.3, -0.25) is 4.79 Å². The van der Waals surface area contributed by atoms with Crippen molar-refractivity contribution in [2.45, 2.75) is 17.6 Å². The summed E-state index contributed by atoms with van der Waals surface area (Å²) in [5.41, 5.74) is 7.21. The van der Waals surface area contributed by atoms with E-state index < -0.39 is 0 Å². The lowest BCUT2D eigenvalue weighted by Crippen LogP contribution is -2.05. The van der Waals surface area contributed by atoms with E-state index in [2.05, 4.69) is 28.6 Å². The average molecular weight is 316 g/mol. The first-order valence-electron chi connectivity index (χ1n) is 6.44. The maximum absolute atomic E-state index is 11.0. The molecule has 0 aliphatic rings. The fourth-order valence-corrected chi connectivity index (χ4v) is 3.44. The molecule has 3 N–H and O–H groups in total. The third-order valence-corrected chi connectivity index (χ3v) is 4.72. The molecule has 108 valence electrons. The van der Waals surface area contributed by atoms with E-state index in [1.54, 1.807) is 23.1 Å². The lowest BCUT2D eigenvalue weighted by molar-refractivity contribution is -0.114. The largest absolute Gasteiger partial charge is 0.326 e. The van der Waals surface area contributed by atoms with Gasteiger partial charge in [-0.15, -0.1) is 23.1 Å². The van der Waals surface area contributed by atoms with Crippen molar-refractivity contribution in [3.05, 3.63) is 46.2 Å². The van der Waals surface area contributed by atoms with Gasteiger partial charge in [0.05, 0.1) is 6.54 Å². The van der Waals surface area contributed by atoms with Crippen LogP contribution in [0.2, 0.25) is 0 Å². The Morgan fingerprint density at radius 3 is 2.81 bits per heavy atom. The van der Waals surface area contributed by atoms with Crippen LogP contribution in [0.25, 0.3) is 0 Å². The second-order valence-electron chi connectivity index (χ2n) is 4.30. The Morgan fingerprint density at radius 1 is 1.38 bits per heavy atom. The van der Waals surface area contributed by atoms with Crippen LogP contribution in [0.4, 0.5) is 5.69 Å². The first kappa shape index (κ1) is 15.6. The molecule has 21 heavy (non-hydrogen) atoms. The molecule has 0 bridgehead atoms. The summed E-state index contributed by atoms with van der Waals surface area (Å²) in [7, 11) is 0. The molecule has 0 saturated heterocycles. The summed E-state index contributed by atoms with van der Waals surface area (Å²) >= 11 is 3.47. The number of nitrogens with one attached hydrogen (secondary N) is 1. The van der Waals surface area contributed by atoms with Gasteiger partial charge in [0, 0.05) is 39.1 Å². The number of amides is 1. The smallest absolute Gasteiger partial charge is 0.221 e. The predicted molar refractivity (Wildman–Crippen MR) is 90.6 cm³/mol. The highest BCUT2D eigenvalue weighted by molar-refractivity contribution is 7.98. The number of hydrogen-bond donors (Lipinski definition) is 2. The third-order valence-electron chi connectivity index (χ3n) is 2.54. The van der Waals surface area contributed by atoms with Crippen LogP contribution in [0.1, 0.15) is 17.4 Å². The number of rotatable bonds is 4. The summed E-state index contributed by atoms with van der Waals surface area (Å²) < 4.78 is 0. The highest BCUT2D eigenvalue weighted by atomic mass is 32.2. The molecular formula is C16H16N2OS2. The zero-order valence-corrected chi connectivity index (χ0v) is 13.3. The summed E-state index contributed by atoms with van der Waals surface area (Å²) in [6.45, 7) is 1.89. The van der Waals surface area contributed by atoms with E-state index in [4.69, 9.17) is 5.73 Å². The van der Waals surface area contributed by atoms with Crippen molar-refractivity contribution in [2.24, 2.45) is 5.73 Å². The van der Waals surface area contributed by atoms with Crippen molar-refractivity contribution >= 4 is 34.7 Å². The number of nitrogens with two attached hydrogens (primary N) is 1. The fraction of sp³-hybridized carbons (Fsp3) is 0.188. The van der Waals surface area contributed by atoms with Gasteiger partial charge in [-0.25, -0.2) is 0 Å². The van der Waals surface area contributed by atoms with E-state index in [1.165, 1.54) is 16.7 Å². The van der Waals surface area contributed by atoms with E-state index >= 15 is 0 Å². The maximum atomic E-state index is 11.0. The van der Waals surface area contributed by atoms with Crippen molar-refractivity contribution in [3.8, 4) is 11.8 Å². The van der Waals surface area contributed by atoms with Crippen LogP contribution in [0.3, 0.4) is 0 Å². The van der Waals surface area contributed by atoms with Gasteiger partial charge in [0.2, 0.25) is 5.91 Å².